The predicted octanol–water partition coefficient (Wildman–Crippen LogP) is -0.754. The molecule has 21 N–H and O–H groups in total. The standard InChI is InChI=1S/C92H131N19O15/c1-50(2)30-58(38-99-86(120)63-18-11-22-72(63)105-81(115)36-61(34-55-24-27-56-16-9-10-17-57(56)32-55)102-88(122)65-20-13-21-71(65)101-52(5)112)84(118)108-76-46-96-42-68(76)91(125)110-78-48-95-41-67(78)89(123)103-60(33-53-14-7-6-8-15-53)35-80(114)104-73-23-12-19-64(73)87(121)100-39-59(31-54-25-28-62(113)29-26-54)85(119)109-77-47-97-43-69(77)92(126)111-79-49-98-44-70(79)90(124)107-74(51(3)4)37-82(116)106-75-45-94-40-66(75)83(93)117/h6-10,14-17,24-29,32,50-51,58-61,63-79,94-98,113H,11-13,18-23,30-31,33-49H2,1-5H3,(H2,93,117)(H,99,120)(H,100,121)(H,101,112)(H,102,122)(H,103,123)(H,104,114)(H,105,115)(H,106,116)(H,107,124)(H,108,118)(H,109,119)(H,110,125)(H,111,126)/t58-,59-,60-,61-,63?,64?,65?,66?,67?,68?,69?,70?,71?,72?,73?,74+,75?,76?,77?,78?,79?/m0/s1. The first-order chi connectivity index (χ1) is 60.6. The first-order valence-electron chi connectivity index (χ1n) is 45.5. The Hall–Kier alpha value is -10.7. The summed E-state index contributed by atoms with van der Waals surface area (Å²) in [5.74, 6) is -11.6. The zero-order valence-corrected chi connectivity index (χ0v) is 73.1. The molecule has 16 unspecified atom stereocenters. The average molecular weight is 1740 g/mol. The Morgan fingerprint density at radius 3 is 1.27 bits per heavy atom. The fourth-order valence-electron chi connectivity index (χ4n) is 19.8. The van der Waals surface area contributed by atoms with E-state index in [0.717, 1.165) is 28.3 Å². The van der Waals surface area contributed by atoms with Gasteiger partial charge in [0.1, 0.15) is 5.75 Å². The number of nitrogens with one attached hydrogen (secondary N) is 18. The number of fused-ring (bicyclic) bond motifs is 1. The van der Waals surface area contributed by atoms with Crippen molar-refractivity contribution in [3.05, 3.63) is 114 Å². The van der Waals surface area contributed by atoms with Crippen LogP contribution in [0.4, 0.5) is 0 Å². The van der Waals surface area contributed by atoms with Gasteiger partial charge in [-0.25, -0.2) is 0 Å². The van der Waals surface area contributed by atoms with Crippen LogP contribution < -0.4 is 101 Å². The van der Waals surface area contributed by atoms with Crippen LogP contribution in [0.5, 0.6) is 5.75 Å². The Labute approximate surface area is 736 Å². The fourth-order valence-corrected chi connectivity index (χ4v) is 19.8. The minimum atomic E-state index is -0.860. The molecular formula is C92H131N19O15. The molecule has 5 aliphatic heterocycles. The zero-order chi connectivity index (χ0) is 89.7. The monoisotopic (exact) mass is 1740 g/mol. The summed E-state index contributed by atoms with van der Waals surface area (Å²) in [5.41, 5.74) is 8.06. The second-order valence-corrected chi connectivity index (χ2v) is 37.0. The van der Waals surface area contributed by atoms with E-state index in [4.69, 9.17) is 5.73 Å². The Balaban J connectivity index is 0.609. The maximum Gasteiger partial charge on any atom is 0.226 e. The van der Waals surface area contributed by atoms with E-state index >= 15 is 0 Å². The van der Waals surface area contributed by atoms with Crippen molar-refractivity contribution < 1.29 is 72.2 Å². The Morgan fingerprint density at radius 1 is 0.373 bits per heavy atom. The van der Waals surface area contributed by atoms with Crippen molar-refractivity contribution >= 4 is 93.5 Å². The van der Waals surface area contributed by atoms with Gasteiger partial charge in [0.15, 0.2) is 0 Å². The Morgan fingerprint density at radius 2 is 0.770 bits per heavy atom. The van der Waals surface area contributed by atoms with Crippen LogP contribution in [0.25, 0.3) is 10.8 Å². The summed E-state index contributed by atoms with van der Waals surface area (Å²) in [7, 11) is 0. The lowest BCUT2D eigenvalue weighted by Crippen LogP contribution is -2.54. The number of hydrogen-bond acceptors (Lipinski definition) is 20. The van der Waals surface area contributed by atoms with Gasteiger partial charge >= 0.3 is 0 Å². The number of nitrogens with two attached hydrogens (primary N) is 1. The highest BCUT2D eigenvalue weighted by Gasteiger charge is 2.46. The predicted molar refractivity (Wildman–Crippen MR) is 471 cm³/mol. The van der Waals surface area contributed by atoms with Crippen LogP contribution >= 0.6 is 0 Å². The number of carbonyl (C=O) groups excluding carboxylic acids is 14. The number of phenolic OH excluding ortho intramolecular Hbond substituents is 1. The SMILES string of the molecule is CC(=O)NC1CCCC1C(=O)N[C@H](CC(=O)NC1CCCC1C(=O)NC[C@H](CC(C)C)C(=O)NC1CNCC1C(=O)NC1CNCC1C(=O)N[C@H](CC(=O)NC1CCCC1C(=O)NC[C@H](Cc1ccc(O)cc1)C(=O)NC1CNCC1C(=O)NC1CNCC1C(=O)N[C@H](CC(=O)NC1CNCC1C(N)=O)C(C)C)Cc1ccccc1)Cc1ccc2ccccc2c1. The van der Waals surface area contributed by atoms with E-state index in [1.807, 2.05) is 94.4 Å². The number of hydrogen-bond donors (Lipinski definition) is 20. The second-order valence-electron chi connectivity index (χ2n) is 37.0. The molecule has 3 saturated carbocycles. The quantitative estimate of drug-likeness (QED) is 0.0260. The van der Waals surface area contributed by atoms with Crippen molar-refractivity contribution in [1.29, 1.82) is 0 Å². The normalized spacial score (nSPS) is 26.8. The lowest BCUT2D eigenvalue weighted by Gasteiger charge is -2.28. The molecule has 4 aromatic carbocycles. The number of primary amides is 1. The van der Waals surface area contributed by atoms with E-state index in [1.165, 1.54) is 19.1 Å². The third-order valence-electron chi connectivity index (χ3n) is 26.8. The molecule has 34 heteroatoms. The molecule has 126 heavy (non-hydrogen) atoms. The lowest BCUT2D eigenvalue weighted by atomic mass is 9.93. The van der Waals surface area contributed by atoms with Gasteiger partial charge < -0.3 is 107 Å². The summed E-state index contributed by atoms with van der Waals surface area (Å²) in [5, 5.41) is 68.1. The van der Waals surface area contributed by atoms with E-state index in [1.54, 1.807) is 12.1 Å². The van der Waals surface area contributed by atoms with Crippen LogP contribution in [0.1, 0.15) is 135 Å². The van der Waals surface area contributed by atoms with Crippen molar-refractivity contribution in [2.24, 2.45) is 76.7 Å². The smallest absolute Gasteiger partial charge is 0.226 e. The molecule has 0 bridgehead atoms. The number of aromatic hydroxyl groups is 1. The van der Waals surface area contributed by atoms with E-state index in [2.05, 4.69) is 102 Å². The van der Waals surface area contributed by atoms with Gasteiger partial charge in [-0.3, -0.25) is 67.1 Å². The molecule has 5 saturated heterocycles. The maximum absolute atomic E-state index is 14.6. The van der Waals surface area contributed by atoms with Gasteiger partial charge in [-0.1, -0.05) is 132 Å². The van der Waals surface area contributed by atoms with Crippen LogP contribution in [-0.4, -0.2) is 233 Å². The first kappa shape index (κ1) is 94.5. The molecule has 12 rings (SSSR count). The summed E-state index contributed by atoms with van der Waals surface area (Å²) >= 11 is 0. The van der Waals surface area contributed by atoms with Crippen molar-refractivity contribution in [1.82, 2.24) is 95.7 Å². The van der Waals surface area contributed by atoms with E-state index in [9.17, 15) is 72.2 Å². The molecule has 34 nitrogen and oxygen atoms in total. The molecule has 0 radical (unpaired) electrons. The fraction of sp³-hybridized carbons (Fsp3) is 0.609. The number of rotatable bonds is 40. The highest BCUT2D eigenvalue weighted by Crippen LogP contribution is 2.32. The molecule has 14 amide bonds. The van der Waals surface area contributed by atoms with Crippen molar-refractivity contribution in [3.8, 4) is 5.75 Å². The van der Waals surface area contributed by atoms with Gasteiger partial charge in [0.05, 0.1) is 89.4 Å². The summed E-state index contributed by atoms with van der Waals surface area (Å²) in [6.07, 6.45) is 6.39. The van der Waals surface area contributed by atoms with Crippen molar-refractivity contribution in [3.63, 3.8) is 0 Å². The van der Waals surface area contributed by atoms with E-state index in [0.29, 0.717) is 89.4 Å². The largest absolute Gasteiger partial charge is 0.508 e. The van der Waals surface area contributed by atoms with Crippen LogP contribution in [0.2, 0.25) is 0 Å². The molecule has 8 aliphatic rings. The second kappa shape index (κ2) is 45.1. The minimum absolute atomic E-state index is 0.0144. The highest BCUT2D eigenvalue weighted by molar-refractivity contribution is 5.91. The Bertz CT molecular complexity index is 4500. The number of benzene rings is 4. The van der Waals surface area contributed by atoms with Gasteiger partial charge in [-0.15, -0.1) is 0 Å². The summed E-state index contributed by atoms with van der Waals surface area (Å²) < 4.78 is 0. The molecule has 0 aromatic heterocycles. The molecule has 684 valence electrons. The molecule has 3 aliphatic carbocycles. The van der Waals surface area contributed by atoms with Gasteiger partial charge in [0.2, 0.25) is 82.7 Å². The van der Waals surface area contributed by atoms with Gasteiger partial charge in [0.25, 0.3) is 0 Å². The van der Waals surface area contributed by atoms with Gasteiger partial charge in [-0.2, -0.15) is 0 Å². The van der Waals surface area contributed by atoms with Gasteiger partial charge in [0, 0.05) is 141 Å². The van der Waals surface area contributed by atoms with Crippen LogP contribution in [0.15, 0.2) is 97.1 Å². The maximum atomic E-state index is 14.6. The Kier molecular flexibility index (Phi) is 33.8. The third-order valence-corrected chi connectivity index (χ3v) is 26.8. The molecule has 21 atom stereocenters. The topological polar surface area (TPSA) is 502 Å². The molecular weight excluding hydrogens is 1610 g/mol. The number of carbonyl (C=O) groups is 14. The van der Waals surface area contributed by atoms with Crippen LogP contribution in [0.3, 0.4) is 0 Å². The van der Waals surface area contributed by atoms with Crippen molar-refractivity contribution in [2.45, 2.75) is 204 Å². The van der Waals surface area contributed by atoms with E-state index < -0.39 is 137 Å². The van der Waals surface area contributed by atoms with E-state index in [-0.39, 0.29) is 180 Å². The molecule has 8 fully saturated rings. The summed E-state index contributed by atoms with van der Waals surface area (Å²) in [6.45, 7) is 11.9. The first-order valence-corrected chi connectivity index (χ1v) is 45.5. The number of phenols is 1. The lowest BCUT2D eigenvalue weighted by molar-refractivity contribution is -0.132. The van der Waals surface area contributed by atoms with Crippen LogP contribution in [0, 0.1) is 71.0 Å². The average Bonchev–Trinajstić information content (AvgIpc) is 1.62. The zero-order valence-electron chi connectivity index (χ0n) is 73.1. The molecule has 4 aromatic rings. The molecule has 5 heterocycles. The highest BCUT2D eigenvalue weighted by atomic mass is 16.3. The van der Waals surface area contributed by atoms with Crippen LogP contribution in [-0.2, 0) is 86.4 Å². The summed E-state index contributed by atoms with van der Waals surface area (Å²) in [4.78, 5) is 195. The minimum Gasteiger partial charge on any atom is -0.508 e. The summed E-state index contributed by atoms with van der Waals surface area (Å²) in [6, 6.07) is 23.5. The molecule has 0 spiro atoms. The van der Waals surface area contributed by atoms with Gasteiger partial charge in [-0.05, 0) is 116 Å². The van der Waals surface area contributed by atoms with Crippen molar-refractivity contribution in [2.75, 3.05) is 78.5 Å². The number of amides is 14. The third kappa shape index (κ3) is 26.3.